The third kappa shape index (κ3) is 5.12. The van der Waals surface area contributed by atoms with Crippen molar-refractivity contribution < 1.29 is 13.9 Å². The highest BCUT2D eigenvalue weighted by Crippen LogP contribution is 2.29. The number of ether oxygens (including phenoxy) is 2. The molecule has 4 aromatic rings. The van der Waals surface area contributed by atoms with Gasteiger partial charge in [0.2, 0.25) is 0 Å². The normalized spacial score (nSPS) is 11.6. The van der Waals surface area contributed by atoms with Crippen LogP contribution in [0.3, 0.4) is 0 Å². The molecule has 0 aliphatic rings. The Bertz CT molecular complexity index is 1180. The fourth-order valence-electron chi connectivity index (χ4n) is 3.62. The average molecular weight is 415 g/mol. The number of rotatable bonds is 7. The summed E-state index contributed by atoms with van der Waals surface area (Å²) in [6.45, 7) is 7.41. The fraction of sp³-hybridized carbons (Fsp3) is 0.214. The van der Waals surface area contributed by atoms with Gasteiger partial charge in [-0.05, 0) is 53.1 Å². The van der Waals surface area contributed by atoms with E-state index in [4.69, 9.17) is 9.47 Å². The summed E-state index contributed by atoms with van der Waals surface area (Å²) in [7, 11) is 0. The van der Waals surface area contributed by atoms with E-state index in [2.05, 4.69) is 57.2 Å². The van der Waals surface area contributed by atoms with Crippen LogP contribution >= 0.6 is 0 Å². The summed E-state index contributed by atoms with van der Waals surface area (Å²) >= 11 is 0. The molecule has 3 heteroatoms. The molecule has 0 spiro atoms. The number of halogens is 1. The van der Waals surface area contributed by atoms with Crippen molar-refractivity contribution in [1.29, 1.82) is 0 Å². The maximum absolute atomic E-state index is 14.2. The highest BCUT2D eigenvalue weighted by molar-refractivity contribution is 5.84. The molecule has 0 saturated carbocycles. The van der Waals surface area contributed by atoms with Gasteiger partial charge in [0.15, 0.2) is 11.6 Å². The summed E-state index contributed by atoms with van der Waals surface area (Å²) in [5.74, 6) is 0.419. The Balaban J connectivity index is 1.42. The molecule has 0 aliphatic heterocycles. The first-order valence-corrected chi connectivity index (χ1v) is 10.5. The molecule has 4 rings (SSSR count). The van der Waals surface area contributed by atoms with Gasteiger partial charge in [-0.3, -0.25) is 0 Å². The molecule has 0 aromatic heterocycles. The average Bonchev–Trinajstić information content (AvgIpc) is 2.76. The van der Waals surface area contributed by atoms with Gasteiger partial charge in [-0.15, -0.1) is 0 Å². The molecule has 2 nitrogen and oxygen atoms in total. The number of hydrogen-bond acceptors (Lipinski definition) is 2. The summed E-state index contributed by atoms with van der Waals surface area (Å²) in [4.78, 5) is 0. The lowest BCUT2D eigenvalue weighted by Crippen LogP contribution is -2.24. The Morgan fingerprint density at radius 1 is 0.806 bits per heavy atom. The quantitative estimate of drug-likeness (QED) is 0.310. The smallest absolute Gasteiger partial charge is 0.165 e. The van der Waals surface area contributed by atoms with Crippen molar-refractivity contribution in [3.63, 3.8) is 0 Å². The van der Waals surface area contributed by atoms with Crippen LogP contribution in [-0.4, -0.2) is 6.61 Å². The molecule has 4 aromatic carbocycles. The van der Waals surface area contributed by atoms with Gasteiger partial charge in [-0.25, -0.2) is 4.39 Å². The second kappa shape index (κ2) is 8.91. The van der Waals surface area contributed by atoms with Crippen molar-refractivity contribution >= 4 is 10.8 Å². The van der Waals surface area contributed by atoms with Crippen molar-refractivity contribution in [2.75, 3.05) is 6.61 Å². The zero-order chi connectivity index (χ0) is 21.8. The van der Waals surface area contributed by atoms with E-state index in [-0.39, 0.29) is 17.0 Å². The highest BCUT2D eigenvalue weighted by Gasteiger charge is 2.21. The Morgan fingerprint density at radius 2 is 1.55 bits per heavy atom. The molecule has 0 N–H and O–H groups in total. The zero-order valence-corrected chi connectivity index (χ0v) is 18.2. The minimum absolute atomic E-state index is 0.150. The lowest BCUT2D eigenvalue weighted by molar-refractivity contribution is 0.0824. The number of aryl methyl sites for hydroxylation is 1. The van der Waals surface area contributed by atoms with Gasteiger partial charge in [0, 0.05) is 5.41 Å². The van der Waals surface area contributed by atoms with Gasteiger partial charge in [0.25, 0.3) is 0 Å². The zero-order valence-electron chi connectivity index (χ0n) is 18.2. The van der Waals surface area contributed by atoms with Crippen LogP contribution in [0, 0.1) is 12.7 Å². The van der Waals surface area contributed by atoms with Crippen LogP contribution in [0.25, 0.3) is 10.8 Å². The van der Waals surface area contributed by atoms with Crippen LogP contribution in [0.4, 0.5) is 4.39 Å². The first kappa shape index (κ1) is 21.1. The third-order valence-corrected chi connectivity index (χ3v) is 5.48. The third-order valence-electron chi connectivity index (χ3n) is 5.48. The first-order valence-electron chi connectivity index (χ1n) is 10.5. The summed E-state index contributed by atoms with van der Waals surface area (Å²) in [6.07, 6.45) is 0. The first-order chi connectivity index (χ1) is 14.9. The standard InChI is InChI=1S/C28H27FO2/c1-20-9-11-23-17-24(13-12-22(23)15-20)28(2,3)19-30-18-21-10-14-26(29)27(16-21)31-25-7-5-4-6-8-25/h4-17H,18-19H2,1-3H3. The Kier molecular flexibility index (Phi) is 6.06. The molecule has 0 bridgehead atoms. The Hall–Kier alpha value is -3.17. The molecule has 31 heavy (non-hydrogen) atoms. The molecule has 158 valence electrons. The number of benzene rings is 4. The number of para-hydroxylation sites is 1. The summed E-state index contributed by atoms with van der Waals surface area (Å²) in [5, 5.41) is 2.48. The summed E-state index contributed by atoms with van der Waals surface area (Å²) < 4.78 is 25.9. The molecule has 0 saturated heterocycles. The van der Waals surface area contributed by atoms with Crippen molar-refractivity contribution in [3.8, 4) is 11.5 Å². The molecule has 0 aliphatic carbocycles. The van der Waals surface area contributed by atoms with Crippen LogP contribution in [0.5, 0.6) is 11.5 Å². The van der Waals surface area contributed by atoms with Crippen LogP contribution in [-0.2, 0) is 16.8 Å². The Morgan fingerprint density at radius 3 is 2.35 bits per heavy atom. The molecule has 0 atom stereocenters. The van der Waals surface area contributed by atoms with Crippen LogP contribution in [0.15, 0.2) is 84.9 Å². The lowest BCUT2D eigenvalue weighted by Gasteiger charge is -2.25. The summed E-state index contributed by atoms with van der Waals surface area (Å²) in [5.41, 5.74) is 3.22. The predicted octanol–water partition coefficient (Wildman–Crippen LogP) is 7.57. The molecule has 0 fully saturated rings. The molecule has 0 amide bonds. The van der Waals surface area contributed by atoms with Crippen LogP contribution in [0.2, 0.25) is 0 Å². The van der Waals surface area contributed by atoms with Crippen molar-refractivity contribution in [3.05, 3.63) is 107 Å². The van der Waals surface area contributed by atoms with Gasteiger partial charge in [-0.2, -0.15) is 0 Å². The van der Waals surface area contributed by atoms with Gasteiger partial charge < -0.3 is 9.47 Å². The second-order valence-corrected chi connectivity index (χ2v) is 8.62. The van der Waals surface area contributed by atoms with E-state index in [9.17, 15) is 4.39 Å². The van der Waals surface area contributed by atoms with E-state index in [1.54, 1.807) is 24.3 Å². The lowest BCUT2D eigenvalue weighted by atomic mass is 9.84. The van der Waals surface area contributed by atoms with Crippen molar-refractivity contribution in [1.82, 2.24) is 0 Å². The Labute approximate surface area is 183 Å². The van der Waals surface area contributed by atoms with E-state index in [0.29, 0.717) is 19.0 Å². The van der Waals surface area contributed by atoms with Gasteiger partial charge >= 0.3 is 0 Å². The van der Waals surface area contributed by atoms with Gasteiger partial charge in [0.05, 0.1) is 13.2 Å². The van der Waals surface area contributed by atoms with Gasteiger partial charge in [0.1, 0.15) is 5.75 Å². The second-order valence-electron chi connectivity index (χ2n) is 8.62. The molecule has 0 radical (unpaired) electrons. The molecule has 0 heterocycles. The van der Waals surface area contributed by atoms with Crippen molar-refractivity contribution in [2.24, 2.45) is 0 Å². The van der Waals surface area contributed by atoms with Crippen molar-refractivity contribution in [2.45, 2.75) is 32.8 Å². The van der Waals surface area contributed by atoms with Crippen LogP contribution in [0.1, 0.15) is 30.5 Å². The minimum atomic E-state index is -0.390. The SMILES string of the molecule is Cc1ccc2cc(C(C)(C)COCc3ccc(F)c(Oc4ccccc4)c3)ccc2c1. The molecular weight excluding hydrogens is 387 g/mol. The number of hydrogen-bond donors (Lipinski definition) is 0. The van der Waals surface area contributed by atoms with Crippen LogP contribution < -0.4 is 4.74 Å². The molecular formula is C28H27FO2. The topological polar surface area (TPSA) is 18.5 Å². The summed E-state index contributed by atoms with van der Waals surface area (Å²) in [6, 6.07) is 27.2. The number of fused-ring (bicyclic) bond motifs is 1. The van der Waals surface area contributed by atoms with E-state index in [1.165, 1.54) is 28.0 Å². The molecule has 0 unspecified atom stereocenters. The van der Waals surface area contributed by atoms with E-state index >= 15 is 0 Å². The monoisotopic (exact) mass is 414 g/mol. The van der Waals surface area contributed by atoms with Gasteiger partial charge in [-0.1, -0.05) is 80.1 Å². The fourth-order valence-corrected chi connectivity index (χ4v) is 3.62. The van der Waals surface area contributed by atoms with E-state index in [0.717, 1.165) is 5.56 Å². The maximum Gasteiger partial charge on any atom is 0.165 e. The highest BCUT2D eigenvalue weighted by atomic mass is 19.1. The predicted molar refractivity (Wildman–Crippen MR) is 124 cm³/mol. The van der Waals surface area contributed by atoms with E-state index in [1.807, 2.05) is 18.2 Å². The maximum atomic E-state index is 14.2. The largest absolute Gasteiger partial charge is 0.454 e. The minimum Gasteiger partial charge on any atom is -0.454 e. The van der Waals surface area contributed by atoms with E-state index < -0.39 is 0 Å².